The smallest absolute Gasteiger partial charge is 0.222 e. The summed E-state index contributed by atoms with van der Waals surface area (Å²) in [5.74, 6) is 0.795. The topological polar surface area (TPSA) is 40.5 Å². The number of unbranched alkanes of at least 4 members (excludes halogenated alkanes) is 1. The van der Waals surface area contributed by atoms with Crippen LogP contribution in [0.2, 0.25) is 0 Å². The van der Waals surface area contributed by atoms with Crippen LogP contribution in [0.3, 0.4) is 0 Å². The van der Waals surface area contributed by atoms with Crippen molar-refractivity contribution < 1.29 is 9.90 Å². The van der Waals surface area contributed by atoms with E-state index in [1.165, 1.54) is 0 Å². The summed E-state index contributed by atoms with van der Waals surface area (Å²) in [6.07, 6.45) is 4.52. The lowest BCUT2D eigenvalue weighted by Crippen LogP contribution is -2.35. The van der Waals surface area contributed by atoms with Crippen molar-refractivity contribution in [1.82, 2.24) is 4.90 Å². The fourth-order valence-corrected chi connectivity index (χ4v) is 1.71. The fraction of sp³-hybridized carbons (Fsp3) is 0.900. The van der Waals surface area contributed by atoms with Crippen LogP contribution in [0.25, 0.3) is 0 Å². The number of carbonyl (C=O) groups excluding carboxylic acids is 1. The lowest BCUT2D eigenvalue weighted by atomic mass is 10.2. The number of nitrogens with zero attached hydrogens (tertiary/aromatic N) is 1. The van der Waals surface area contributed by atoms with Crippen LogP contribution in [0.5, 0.6) is 0 Å². The van der Waals surface area contributed by atoms with E-state index in [0.717, 1.165) is 25.7 Å². The maximum absolute atomic E-state index is 11.7. The molecule has 4 heteroatoms. The SMILES string of the molecule is O=C(CCCCCl)N(CCO)C1CC1. The summed E-state index contributed by atoms with van der Waals surface area (Å²) >= 11 is 5.54. The van der Waals surface area contributed by atoms with Crippen molar-refractivity contribution in [3.63, 3.8) is 0 Å². The average Bonchev–Trinajstić information content (AvgIpc) is 2.98. The van der Waals surface area contributed by atoms with Crippen LogP contribution >= 0.6 is 11.6 Å². The summed E-state index contributed by atoms with van der Waals surface area (Å²) < 4.78 is 0. The highest BCUT2D eigenvalue weighted by Crippen LogP contribution is 2.27. The second kappa shape index (κ2) is 6.25. The number of carbonyl (C=O) groups is 1. The standard InChI is InChI=1S/C10H18ClNO2/c11-6-2-1-3-10(14)12(7-8-13)9-4-5-9/h9,13H,1-8H2. The number of halogens is 1. The molecule has 0 unspecified atom stereocenters. The van der Waals surface area contributed by atoms with Crippen molar-refractivity contribution in [1.29, 1.82) is 0 Å². The Kier molecular flexibility index (Phi) is 5.26. The first-order valence-corrected chi connectivity index (χ1v) is 5.79. The van der Waals surface area contributed by atoms with Crippen molar-refractivity contribution in [3.8, 4) is 0 Å². The third-order valence-electron chi connectivity index (χ3n) is 2.42. The van der Waals surface area contributed by atoms with Crippen LogP contribution in [0.1, 0.15) is 32.1 Å². The summed E-state index contributed by atoms with van der Waals surface area (Å²) in [6.45, 7) is 0.558. The van der Waals surface area contributed by atoms with Gasteiger partial charge in [0.15, 0.2) is 0 Å². The molecule has 1 N–H and O–H groups in total. The number of aliphatic hydroxyl groups excluding tert-OH is 1. The zero-order valence-corrected chi connectivity index (χ0v) is 9.17. The molecule has 0 aliphatic heterocycles. The Hall–Kier alpha value is -0.280. The average molecular weight is 220 g/mol. The maximum Gasteiger partial charge on any atom is 0.222 e. The number of alkyl halides is 1. The fourth-order valence-electron chi connectivity index (χ4n) is 1.52. The molecule has 0 aromatic heterocycles. The summed E-state index contributed by atoms with van der Waals surface area (Å²) in [4.78, 5) is 13.5. The van der Waals surface area contributed by atoms with Crippen molar-refractivity contribution in [2.45, 2.75) is 38.1 Å². The molecule has 14 heavy (non-hydrogen) atoms. The Bertz CT molecular complexity index is 183. The number of rotatable bonds is 7. The highest BCUT2D eigenvalue weighted by molar-refractivity contribution is 6.17. The van der Waals surface area contributed by atoms with Crippen LogP contribution in [-0.4, -0.2) is 41.0 Å². The predicted octanol–water partition coefficient (Wildman–Crippen LogP) is 1.38. The van der Waals surface area contributed by atoms with Crippen LogP contribution in [0.15, 0.2) is 0 Å². The van der Waals surface area contributed by atoms with Gasteiger partial charge in [0.05, 0.1) is 6.61 Å². The van der Waals surface area contributed by atoms with Crippen LogP contribution < -0.4 is 0 Å². The Morgan fingerprint density at radius 1 is 1.43 bits per heavy atom. The quantitative estimate of drug-likeness (QED) is 0.519. The normalized spacial score (nSPS) is 15.6. The molecule has 0 radical (unpaired) electrons. The zero-order chi connectivity index (χ0) is 10.4. The highest BCUT2D eigenvalue weighted by Gasteiger charge is 2.31. The highest BCUT2D eigenvalue weighted by atomic mass is 35.5. The van der Waals surface area contributed by atoms with Gasteiger partial charge < -0.3 is 10.0 Å². The van der Waals surface area contributed by atoms with Gasteiger partial charge in [0, 0.05) is 24.9 Å². The van der Waals surface area contributed by atoms with E-state index in [4.69, 9.17) is 16.7 Å². The van der Waals surface area contributed by atoms with E-state index >= 15 is 0 Å². The Labute approximate surface area is 90.0 Å². The van der Waals surface area contributed by atoms with Crippen molar-refractivity contribution in [2.24, 2.45) is 0 Å². The van der Waals surface area contributed by atoms with E-state index < -0.39 is 0 Å². The molecule has 0 atom stereocenters. The molecular formula is C10H18ClNO2. The van der Waals surface area contributed by atoms with Crippen molar-refractivity contribution in [2.75, 3.05) is 19.0 Å². The summed E-state index contributed by atoms with van der Waals surface area (Å²) in [6, 6.07) is 0.408. The zero-order valence-electron chi connectivity index (χ0n) is 8.41. The molecule has 1 aliphatic carbocycles. The van der Waals surface area contributed by atoms with E-state index in [0.29, 0.717) is 24.9 Å². The molecule has 1 amide bonds. The molecule has 82 valence electrons. The number of amides is 1. The first-order valence-electron chi connectivity index (χ1n) is 5.26. The molecule has 0 bridgehead atoms. The van der Waals surface area contributed by atoms with E-state index in [1.807, 2.05) is 4.90 Å². The number of hydrogen-bond donors (Lipinski definition) is 1. The van der Waals surface area contributed by atoms with Gasteiger partial charge in [0.25, 0.3) is 0 Å². The van der Waals surface area contributed by atoms with E-state index in [2.05, 4.69) is 0 Å². The molecule has 1 aliphatic rings. The second-order valence-corrected chi connectivity index (χ2v) is 4.07. The molecule has 0 aromatic rings. The van der Waals surface area contributed by atoms with Gasteiger partial charge in [-0.25, -0.2) is 0 Å². The monoisotopic (exact) mass is 219 g/mol. The van der Waals surface area contributed by atoms with E-state index in [-0.39, 0.29) is 12.5 Å². The third-order valence-corrected chi connectivity index (χ3v) is 2.69. The van der Waals surface area contributed by atoms with Crippen molar-refractivity contribution in [3.05, 3.63) is 0 Å². The molecule has 0 saturated heterocycles. The molecule has 0 heterocycles. The lowest BCUT2D eigenvalue weighted by Gasteiger charge is -2.21. The largest absolute Gasteiger partial charge is 0.395 e. The van der Waals surface area contributed by atoms with Gasteiger partial charge in [-0.1, -0.05) is 0 Å². The van der Waals surface area contributed by atoms with E-state index in [9.17, 15) is 4.79 Å². The minimum Gasteiger partial charge on any atom is -0.395 e. The van der Waals surface area contributed by atoms with Crippen molar-refractivity contribution >= 4 is 17.5 Å². The predicted molar refractivity (Wildman–Crippen MR) is 56.4 cm³/mol. The van der Waals surface area contributed by atoms with Gasteiger partial charge in [-0.15, -0.1) is 11.6 Å². The molecule has 3 nitrogen and oxygen atoms in total. The Balaban J connectivity index is 2.23. The maximum atomic E-state index is 11.7. The van der Waals surface area contributed by atoms with Gasteiger partial charge in [-0.2, -0.15) is 0 Å². The molecule has 1 fully saturated rings. The Morgan fingerprint density at radius 2 is 2.14 bits per heavy atom. The molecular weight excluding hydrogens is 202 g/mol. The van der Waals surface area contributed by atoms with Gasteiger partial charge in [-0.05, 0) is 25.7 Å². The summed E-state index contributed by atoms with van der Waals surface area (Å²) in [7, 11) is 0. The van der Waals surface area contributed by atoms with Crippen LogP contribution in [0.4, 0.5) is 0 Å². The minimum absolute atomic E-state index is 0.0672. The first-order chi connectivity index (χ1) is 6.79. The van der Waals surface area contributed by atoms with Gasteiger partial charge in [0.2, 0.25) is 5.91 Å². The molecule has 1 rings (SSSR count). The Morgan fingerprint density at radius 3 is 2.64 bits per heavy atom. The second-order valence-electron chi connectivity index (χ2n) is 3.69. The van der Waals surface area contributed by atoms with Gasteiger partial charge in [-0.3, -0.25) is 4.79 Å². The van der Waals surface area contributed by atoms with Gasteiger partial charge in [0.1, 0.15) is 0 Å². The van der Waals surface area contributed by atoms with Gasteiger partial charge >= 0.3 is 0 Å². The lowest BCUT2D eigenvalue weighted by molar-refractivity contribution is -0.132. The number of aliphatic hydroxyl groups is 1. The minimum atomic E-state index is 0.0672. The number of hydrogen-bond acceptors (Lipinski definition) is 2. The van der Waals surface area contributed by atoms with E-state index in [1.54, 1.807) is 0 Å². The molecule has 0 spiro atoms. The molecule has 1 saturated carbocycles. The first kappa shape index (κ1) is 11.8. The summed E-state index contributed by atoms with van der Waals surface area (Å²) in [5.41, 5.74) is 0. The van der Waals surface area contributed by atoms with Crippen LogP contribution in [0, 0.1) is 0 Å². The molecule has 0 aromatic carbocycles. The summed E-state index contributed by atoms with van der Waals surface area (Å²) in [5, 5.41) is 8.82. The third kappa shape index (κ3) is 3.84. The van der Waals surface area contributed by atoms with Crippen LogP contribution in [-0.2, 0) is 4.79 Å².